The van der Waals surface area contributed by atoms with Gasteiger partial charge in [0.25, 0.3) is 0 Å². The molecule has 11 heavy (non-hydrogen) atoms. The van der Waals surface area contributed by atoms with Crippen LogP contribution in [0.15, 0.2) is 0 Å². The molecule has 0 bridgehead atoms. The average molecular weight is 176 g/mol. The van der Waals surface area contributed by atoms with Gasteiger partial charge in [0.15, 0.2) is 0 Å². The van der Waals surface area contributed by atoms with E-state index >= 15 is 0 Å². The smallest absolute Gasteiger partial charge is 0.393 e. The van der Waals surface area contributed by atoms with Crippen molar-refractivity contribution in [2.24, 2.45) is 0 Å². The van der Waals surface area contributed by atoms with Crippen LogP contribution in [-0.2, 0) is 13.6 Å². The zero-order valence-electron chi connectivity index (χ0n) is 7.26. The van der Waals surface area contributed by atoms with E-state index < -0.39 is 0 Å². The highest BCUT2D eigenvalue weighted by molar-refractivity contribution is 6.17. The van der Waals surface area contributed by atoms with Crippen molar-refractivity contribution in [3.8, 4) is 0 Å². The van der Waals surface area contributed by atoms with E-state index in [1.54, 1.807) is 7.11 Å². The van der Waals surface area contributed by atoms with Crippen LogP contribution < -0.4 is 0 Å². The molecule has 0 saturated heterocycles. The van der Waals surface area contributed by atoms with Crippen LogP contribution in [0.5, 0.6) is 0 Å². The topological polar surface area (TPSA) is 27.7 Å². The Balaban J connectivity index is 2.69. The second kappa shape index (κ2) is 10.1. The molecule has 0 aliphatic heterocycles. The average Bonchev–Trinajstić information content (AvgIpc) is 2.03. The molecular formula is C7H16O3Si. The third-order valence-corrected chi connectivity index (χ3v) is 1.75. The van der Waals surface area contributed by atoms with Crippen molar-refractivity contribution in [2.45, 2.75) is 19.8 Å². The van der Waals surface area contributed by atoms with Crippen LogP contribution in [0.3, 0.4) is 0 Å². The summed E-state index contributed by atoms with van der Waals surface area (Å²) in [5, 5.41) is 0. The van der Waals surface area contributed by atoms with Gasteiger partial charge in [-0.15, -0.1) is 0 Å². The quantitative estimate of drug-likeness (QED) is 0.408. The van der Waals surface area contributed by atoms with E-state index in [0.29, 0.717) is 13.2 Å². The molecule has 0 spiro atoms. The van der Waals surface area contributed by atoms with E-state index in [1.165, 1.54) is 6.42 Å². The SMILES string of the molecule is CCCCO[Si]OCCOC. The van der Waals surface area contributed by atoms with Gasteiger partial charge in [-0.3, -0.25) is 0 Å². The molecule has 0 aromatic rings. The Morgan fingerprint density at radius 2 is 1.82 bits per heavy atom. The fraction of sp³-hybridized carbons (Fsp3) is 1.00. The van der Waals surface area contributed by atoms with Gasteiger partial charge in [-0.1, -0.05) is 13.3 Å². The predicted molar refractivity (Wildman–Crippen MR) is 44.4 cm³/mol. The molecular weight excluding hydrogens is 160 g/mol. The summed E-state index contributed by atoms with van der Waals surface area (Å²) in [6, 6.07) is 0. The Bertz CT molecular complexity index is 62.7. The van der Waals surface area contributed by atoms with E-state index in [4.69, 9.17) is 13.6 Å². The Hall–Kier alpha value is 0.0969. The van der Waals surface area contributed by atoms with Crippen molar-refractivity contribution in [3.63, 3.8) is 0 Å². The summed E-state index contributed by atoms with van der Waals surface area (Å²) in [7, 11) is 1.83. The molecule has 0 aliphatic rings. The lowest BCUT2D eigenvalue weighted by molar-refractivity contribution is 0.130. The minimum atomic E-state index is 0.172. The zero-order valence-corrected chi connectivity index (χ0v) is 8.26. The Morgan fingerprint density at radius 1 is 1.09 bits per heavy atom. The number of unbranched alkanes of at least 4 members (excludes halogenated alkanes) is 1. The summed E-state index contributed by atoms with van der Waals surface area (Å²) in [6.07, 6.45) is 2.28. The van der Waals surface area contributed by atoms with Crippen molar-refractivity contribution in [2.75, 3.05) is 26.9 Å². The van der Waals surface area contributed by atoms with E-state index in [-0.39, 0.29) is 10.0 Å². The van der Waals surface area contributed by atoms with Crippen molar-refractivity contribution < 1.29 is 13.6 Å². The first-order chi connectivity index (χ1) is 5.41. The summed E-state index contributed by atoms with van der Waals surface area (Å²) < 4.78 is 15.1. The summed E-state index contributed by atoms with van der Waals surface area (Å²) in [5.74, 6) is 0. The minimum absolute atomic E-state index is 0.172. The van der Waals surface area contributed by atoms with Crippen LogP contribution >= 0.6 is 0 Å². The van der Waals surface area contributed by atoms with Gasteiger partial charge in [-0.25, -0.2) is 0 Å². The number of hydrogen-bond acceptors (Lipinski definition) is 3. The lowest BCUT2D eigenvalue weighted by atomic mass is 10.4. The third-order valence-electron chi connectivity index (χ3n) is 1.11. The van der Waals surface area contributed by atoms with E-state index in [9.17, 15) is 0 Å². The molecule has 0 atom stereocenters. The van der Waals surface area contributed by atoms with Crippen LogP contribution in [-0.4, -0.2) is 36.9 Å². The lowest BCUT2D eigenvalue weighted by Gasteiger charge is -2.01. The van der Waals surface area contributed by atoms with E-state index in [1.807, 2.05) is 0 Å². The molecule has 0 rings (SSSR count). The Kier molecular flexibility index (Phi) is 10.2. The van der Waals surface area contributed by atoms with Gasteiger partial charge in [0.1, 0.15) is 0 Å². The molecule has 4 heteroatoms. The summed E-state index contributed by atoms with van der Waals surface area (Å²) in [6.45, 7) is 4.21. The minimum Gasteiger partial charge on any atom is -0.393 e. The van der Waals surface area contributed by atoms with Crippen LogP contribution in [0, 0.1) is 0 Å². The highest BCUT2D eigenvalue weighted by Gasteiger charge is 1.91. The number of hydrogen-bond donors (Lipinski definition) is 0. The van der Waals surface area contributed by atoms with Crippen molar-refractivity contribution in [1.82, 2.24) is 0 Å². The van der Waals surface area contributed by atoms with Gasteiger partial charge in [0, 0.05) is 13.7 Å². The monoisotopic (exact) mass is 176 g/mol. The summed E-state index contributed by atoms with van der Waals surface area (Å²) in [5.41, 5.74) is 0. The highest BCUT2D eigenvalue weighted by atomic mass is 28.3. The Morgan fingerprint density at radius 3 is 2.45 bits per heavy atom. The summed E-state index contributed by atoms with van der Waals surface area (Å²) >= 11 is 0. The van der Waals surface area contributed by atoms with Crippen molar-refractivity contribution >= 4 is 10.0 Å². The fourth-order valence-electron chi connectivity index (χ4n) is 0.467. The molecule has 66 valence electrons. The largest absolute Gasteiger partial charge is 0.433 e. The van der Waals surface area contributed by atoms with Gasteiger partial charge in [0.05, 0.1) is 13.2 Å². The standard InChI is InChI=1S/C7H16O3Si/c1-3-4-5-9-11-10-7-6-8-2/h3-7H2,1-2H3. The fourth-order valence-corrected chi connectivity index (χ4v) is 0.944. The molecule has 0 saturated carbocycles. The van der Waals surface area contributed by atoms with Gasteiger partial charge in [-0.2, -0.15) is 0 Å². The van der Waals surface area contributed by atoms with Crippen LogP contribution in [0.4, 0.5) is 0 Å². The molecule has 0 N–H and O–H groups in total. The number of rotatable bonds is 8. The maximum absolute atomic E-state index is 5.17. The van der Waals surface area contributed by atoms with Gasteiger partial charge in [-0.05, 0) is 6.42 Å². The van der Waals surface area contributed by atoms with Crippen LogP contribution in [0.25, 0.3) is 0 Å². The molecule has 2 radical (unpaired) electrons. The second-order valence-electron chi connectivity index (χ2n) is 2.13. The van der Waals surface area contributed by atoms with Crippen LogP contribution in [0.2, 0.25) is 0 Å². The summed E-state index contributed by atoms with van der Waals surface area (Å²) in [4.78, 5) is 0. The van der Waals surface area contributed by atoms with Crippen LogP contribution in [0.1, 0.15) is 19.8 Å². The Labute approximate surface area is 71.1 Å². The number of ether oxygens (including phenoxy) is 1. The van der Waals surface area contributed by atoms with Gasteiger partial charge >= 0.3 is 10.0 Å². The molecule has 0 unspecified atom stereocenters. The maximum atomic E-state index is 5.17. The second-order valence-corrected chi connectivity index (χ2v) is 2.87. The maximum Gasteiger partial charge on any atom is 0.433 e. The normalized spacial score (nSPS) is 10.4. The molecule has 0 fully saturated rings. The van der Waals surface area contributed by atoms with Gasteiger partial charge in [0.2, 0.25) is 0 Å². The molecule has 0 amide bonds. The predicted octanol–water partition coefficient (Wildman–Crippen LogP) is 1.00. The van der Waals surface area contributed by atoms with Gasteiger partial charge < -0.3 is 13.6 Å². The lowest BCUT2D eigenvalue weighted by Crippen LogP contribution is -2.09. The first kappa shape index (κ1) is 11.1. The first-order valence-electron chi connectivity index (χ1n) is 3.89. The molecule has 0 heterocycles. The zero-order chi connectivity index (χ0) is 8.36. The van der Waals surface area contributed by atoms with E-state index in [2.05, 4.69) is 6.92 Å². The highest BCUT2D eigenvalue weighted by Crippen LogP contribution is 1.86. The molecule has 0 aromatic carbocycles. The van der Waals surface area contributed by atoms with E-state index in [0.717, 1.165) is 13.0 Å². The van der Waals surface area contributed by atoms with Crippen molar-refractivity contribution in [3.05, 3.63) is 0 Å². The van der Waals surface area contributed by atoms with Crippen molar-refractivity contribution in [1.29, 1.82) is 0 Å². The number of methoxy groups -OCH3 is 1. The third kappa shape index (κ3) is 10.1. The molecule has 3 nitrogen and oxygen atoms in total. The molecule has 0 aliphatic carbocycles. The molecule has 0 aromatic heterocycles. The first-order valence-corrected chi connectivity index (χ1v) is 4.71.